The highest BCUT2D eigenvalue weighted by molar-refractivity contribution is 4.91. The minimum atomic E-state index is 0.258. The molecule has 0 saturated heterocycles. The number of likely N-dealkylation sites (N-methyl/N-ethyl adjacent to an activating group) is 1. The van der Waals surface area contributed by atoms with Crippen LogP contribution in [-0.2, 0) is 11.2 Å². The van der Waals surface area contributed by atoms with Crippen LogP contribution in [-0.4, -0.2) is 40.1 Å². The van der Waals surface area contributed by atoms with Crippen molar-refractivity contribution in [3.8, 4) is 0 Å². The molecule has 1 atom stereocenters. The van der Waals surface area contributed by atoms with E-state index in [0.29, 0.717) is 18.7 Å². The molecule has 1 unspecified atom stereocenters. The van der Waals surface area contributed by atoms with Gasteiger partial charge in [-0.15, -0.1) is 0 Å². The second-order valence-electron chi connectivity index (χ2n) is 5.06. The maximum absolute atomic E-state index is 5.69. The summed E-state index contributed by atoms with van der Waals surface area (Å²) in [5, 5.41) is 7.70. The molecule has 5 nitrogen and oxygen atoms in total. The largest absolute Gasteiger partial charge is 0.377 e. The molecule has 0 bridgehead atoms. The molecule has 1 heterocycles. The minimum absolute atomic E-state index is 0.258. The van der Waals surface area contributed by atoms with Crippen LogP contribution in [0.3, 0.4) is 0 Å². The molecule has 0 aromatic carbocycles. The molecule has 104 valence electrons. The number of nitrogens with zero attached hydrogens (tertiary/aromatic N) is 3. The second kappa shape index (κ2) is 7.48. The minimum Gasteiger partial charge on any atom is -0.377 e. The van der Waals surface area contributed by atoms with Crippen LogP contribution in [0.2, 0.25) is 0 Å². The molecule has 0 aliphatic heterocycles. The molecule has 1 N–H and O–H groups in total. The molecular weight excluding hydrogens is 228 g/mol. The highest BCUT2D eigenvalue weighted by Crippen LogP contribution is 2.08. The Hall–Kier alpha value is -0.940. The Morgan fingerprint density at radius 2 is 2.06 bits per heavy atom. The van der Waals surface area contributed by atoms with E-state index in [1.54, 1.807) is 6.33 Å². The molecule has 0 aliphatic carbocycles. The third kappa shape index (κ3) is 4.74. The van der Waals surface area contributed by atoms with Gasteiger partial charge in [0.25, 0.3) is 0 Å². The van der Waals surface area contributed by atoms with Gasteiger partial charge in [-0.05, 0) is 34.2 Å². The van der Waals surface area contributed by atoms with Gasteiger partial charge in [0.1, 0.15) is 12.2 Å². The summed E-state index contributed by atoms with van der Waals surface area (Å²) in [7, 11) is 0. The van der Waals surface area contributed by atoms with Gasteiger partial charge < -0.3 is 10.1 Å². The Kier molecular flexibility index (Phi) is 6.29. The van der Waals surface area contributed by atoms with Crippen molar-refractivity contribution in [2.75, 3.05) is 13.2 Å². The smallest absolute Gasteiger partial charge is 0.138 e. The average molecular weight is 254 g/mol. The van der Waals surface area contributed by atoms with Crippen molar-refractivity contribution < 1.29 is 4.74 Å². The van der Waals surface area contributed by atoms with Crippen molar-refractivity contribution in [1.29, 1.82) is 0 Å². The van der Waals surface area contributed by atoms with Gasteiger partial charge in [-0.3, -0.25) is 0 Å². The fraction of sp³-hybridized carbons (Fsp3) is 0.846. The summed E-state index contributed by atoms with van der Waals surface area (Å²) in [6.45, 7) is 12.1. The van der Waals surface area contributed by atoms with E-state index >= 15 is 0 Å². The summed E-state index contributed by atoms with van der Waals surface area (Å²) in [5.41, 5.74) is 0. The van der Waals surface area contributed by atoms with Crippen molar-refractivity contribution in [2.45, 2.75) is 59.2 Å². The number of hydrogen-bond acceptors (Lipinski definition) is 4. The molecule has 1 aromatic rings. The van der Waals surface area contributed by atoms with Gasteiger partial charge >= 0.3 is 0 Å². The van der Waals surface area contributed by atoms with Gasteiger partial charge in [0.15, 0.2) is 0 Å². The lowest BCUT2D eigenvalue weighted by Gasteiger charge is -2.20. The third-order valence-corrected chi connectivity index (χ3v) is 2.69. The van der Waals surface area contributed by atoms with Gasteiger partial charge in [0.05, 0.1) is 12.7 Å². The molecule has 0 radical (unpaired) electrons. The highest BCUT2D eigenvalue weighted by atomic mass is 16.5. The third-order valence-electron chi connectivity index (χ3n) is 2.69. The number of rotatable bonds is 8. The van der Waals surface area contributed by atoms with Crippen LogP contribution < -0.4 is 5.32 Å². The van der Waals surface area contributed by atoms with Crippen LogP contribution >= 0.6 is 0 Å². The van der Waals surface area contributed by atoms with E-state index < -0.39 is 0 Å². The van der Waals surface area contributed by atoms with E-state index in [-0.39, 0.29) is 6.10 Å². The Labute approximate surface area is 110 Å². The number of hydrogen-bond donors (Lipinski definition) is 1. The van der Waals surface area contributed by atoms with Crippen LogP contribution in [0.15, 0.2) is 6.33 Å². The Morgan fingerprint density at radius 1 is 1.33 bits per heavy atom. The highest BCUT2D eigenvalue weighted by Gasteiger charge is 2.15. The lowest BCUT2D eigenvalue weighted by molar-refractivity contribution is 0.0609. The molecule has 0 spiro atoms. The first-order valence-electron chi connectivity index (χ1n) is 6.77. The van der Waals surface area contributed by atoms with Crippen LogP contribution in [0.25, 0.3) is 0 Å². The number of ether oxygens (including phenoxy) is 1. The zero-order valence-corrected chi connectivity index (χ0v) is 12.2. The molecule has 18 heavy (non-hydrogen) atoms. The number of nitrogens with one attached hydrogen (secondary N) is 1. The van der Waals surface area contributed by atoms with Crippen molar-refractivity contribution in [3.63, 3.8) is 0 Å². The van der Waals surface area contributed by atoms with E-state index in [4.69, 9.17) is 4.74 Å². The molecule has 0 aliphatic rings. The summed E-state index contributed by atoms with van der Waals surface area (Å²) >= 11 is 0. The lowest BCUT2D eigenvalue weighted by Crippen LogP contribution is -2.37. The molecule has 1 aromatic heterocycles. The summed E-state index contributed by atoms with van der Waals surface area (Å²) in [6, 6.07) is 0.634. The standard InChI is InChI=1S/C13H26N4O/c1-6-14-12(8-18-11(4)5)7-13-15-9-16-17(13)10(2)3/h9-12,14H,6-8H2,1-5H3. The van der Waals surface area contributed by atoms with E-state index in [1.807, 2.05) is 4.68 Å². The van der Waals surface area contributed by atoms with E-state index in [9.17, 15) is 0 Å². The Morgan fingerprint density at radius 3 is 2.61 bits per heavy atom. The predicted molar refractivity (Wildman–Crippen MR) is 72.7 cm³/mol. The zero-order valence-electron chi connectivity index (χ0n) is 12.2. The molecular formula is C13H26N4O. The summed E-state index contributed by atoms with van der Waals surface area (Å²) < 4.78 is 7.66. The van der Waals surface area contributed by atoms with Gasteiger partial charge in [-0.2, -0.15) is 5.10 Å². The quantitative estimate of drug-likeness (QED) is 0.768. The fourth-order valence-corrected chi connectivity index (χ4v) is 1.86. The fourth-order valence-electron chi connectivity index (χ4n) is 1.86. The second-order valence-corrected chi connectivity index (χ2v) is 5.06. The van der Waals surface area contributed by atoms with Gasteiger partial charge in [-0.1, -0.05) is 6.92 Å². The molecule has 1 rings (SSSR count). The topological polar surface area (TPSA) is 52.0 Å². The summed E-state index contributed by atoms with van der Waals surface area (Å²) in [6.07, 6.45) is 2.73. The molecule has 0 saturated carbocycles. The van der Waals surface area contributed by atoms with Crippen LogP contribution in [0, 0.1) is 0 Å². The van der Waals surface area contributed by atoms with Crippen LogP contribution in [0.4, 0.5) is 0 Å². The van der Waals surface area contributed by atoms with E-state index in [2.05, 4.69) is 50.0 Å². The monoisotopic (exact) mass is 254 g/mol. The maximum Gasteiger partial charge on any atom is 0.138 e. The predicted octanol–water partition coefficient (Wildman–Crippen LogP) is 1.80. The Bertz CT molecular complexity index is 335. The van der Waals surface area contributed by atoms with Crippen molar-refractivity contribution >= 4 is 0 Å². The first-order valence-corrected chi connectivity index (χ1v) is 6.77. The summed E-state index contributed by atoms with van der Waals surface area (Å²) in [5.74, 6) is 1.02. The van der Waals surface area contributed by atoms with Crippen molar-refractivity contribution in [2.24, 2.45) is 0 Å². The maximum atomic E-state index is 5.69. The van der Waals surface area contributed by atoms with Crippen LogP contribution in [0.5, 0.6) is 0 Å². The van der Waals surface area contributed by atoms with E-state index in [0.717, 1.165) is 18.8 Å². The van der Waals surface area contributed by atoms with Crippen molar-refractivity contribution in [1.82, 2.24) is 20.1 Å². The van der Waals surface area contributed by atoms with Crippen LogP contribution in [0.1, 0.15) is 46.5 Å². The molecule has 0 amide bonds. The Balaban J connectivity index is 2.61. The molecule has 0 fully saturated rings. The first kappa shape index (κ1) is 15.1. The van der Waals surface area contributed by atoms with E-state index in [1.165, 1.54) is 0 Å². The zero-order chi connectivity index (χ0) is 13.5. The first-order chi connectivity index (χ1) is 8.54. The lowest BCUT2D eigenvalue weighted by atomic mass is 10.2. The van der Waals surface area contributed by atoms with Crippen molar-refractivity contribution in [3.05, 3.63) is 12.2 Å². The van der Waals surface area contributed by atoms with Gasteiger partial charge in [-0.25, -0.2) is 9.67 Å². The van der Waals surface area contributed by atoms with Gasteiger partial charge in [0, 0.05) is 18.5 Å². The average Bonchev–Trinajstić information content (AvgIpc) is 2.74. The number of aromatic nitrogens is 3. The SMILES string of the molecule is CCNC(COC(C)C)Cc1ncnn1C(C)C. The van der Waals surface area contributed by atoms with Gasteiger partial charge in [0.2, 0.25) is 0 Å². The molecule has 5 heteroatoms. The normalized spacial score (nSPS) is 13.5. The summed E-state index contributed by atoms with van der Waals surface area (Å²) in [4.78, 5) is 4.34.